The molecule has 0 aromatic carbocycles. The van der Waals surface area contributed by atoms with Gasteiger partial charge in [0.1, 0.15) is 5.60 Å². The van der Waals surface area contributed by atoms with Gasteiger partial charge in [-0.1, -0.05) is 6.42 Å². The maximum atomic E-state index is 11.6. The predicted octanol–water partition coefficient (Wildman–Crippen LogP) is 2.02. The zero-order valence-electron chi connectivity index (χ0n) is 13.4. The highest BCUT2D eigenvalue weighted by atomic mass is 16.6. The molecule has 1 rings (SSSR count). The number of hydrogen-bond donors (Lipinski definition) is 3. The first-order chi connectivity index (χ1) is 9.37. The second kappa shape index (κ2) is 8.47. The van der Waals surface area contributed by atoms with Crippen molar-refractivity contribution < 1.29 is 9.53 Å². The molecular weight excluding hydrogens is 254 g/mol. The quantitative estimate of drug-likeness (QED) is 0.653. The molecule has 1 aliphatic heterocycles. The molecule has 2 unspecified atom stereocenters. The van der Waals surface area contributed by atoms with Crippen molar-refractivity contribution in [3.63, 3.8) is 0 Å². The zero-order chi connectivity index (χ0) is 15.0. The molecular formula is C15H31N3O2. The maximum Gasteiger partial charge on any atom is 0.407 e. The van der Waals surface area contributed by atoms with E-state index >= 15 is 0 Å². The van der Waals surface area contributed by atoms with Crippen LogP contribution < -0.4 is 16.0 Å². The molecule has 0 aromatic heterocycles. The number of rotatable bonds is 6. The van der Waals surface area contributed by atoms with Crippen LogP contribution in [0, 0.1) is 0 Å². The Balaban J connectivity index is 2.04. The molecule has 20 heavy (non-hydrogen) atoms. The fourth-order valence-electron chi connectivity index (χ4n) is 2.27. The molecule has 3 N–H and O–H groups in total. The van der Waals surface area contributed by atoms with E-state index in [9.17, 15) is 4.79 Å². The van der Waals surface area contributed by atoms with E-state index in [1.165, 1.54) is 19.3 Å². The van der Waals surface area contributed by atoms with Crippen molar-refractivity contribution in [2.24, 2.45) is 0 Å². The minimum absolute atomic E-state index is 0.122. The summed E-state index contributed by atoms with van der Waals surface area (Å²) in [4.78, 5) is 11.6. The molecule has 1 aliphatic rings. The summed E-state index contributed by atoms with van der Waals surface area (Å²) in [6.45, 7) is 10.7. The molecule has 0 bridgehead atoms. The first kappa shape index (κ1) is 17.2. The molecule has 0 spiro atoms. The molecule has 1 fully saturated rings. The van der Waals surface area contributed by atoms with Crippen LogP contribution in [0.25, 0.3) is 0 Å². The van der Waals surface area contributed by atoms with E-state index in [0.29, 0.717) is 6.04 Å². The Kier molecular flexibility index (Phi) is 7.30. The normalized spacial score (nSPS) is 21.3. The predicted molar refractivity (Wildman–Crippen MR) is 82.0 cm³/mol. The topological polar surface area (TPSA) is 62.4 Å². The lowest BCUT2D eigenvalue weighted by Gasteiger charge is -2.24. The van der Waals surface area contributed by atoms with E-state index in [1.54, 1.807) is 0 Å². The number of carbonyl (C=O) groups excluding carboxylic acids is 1. The average molecular weight is 285 g/mol. The molecule has 0 saturated carbocycles. The largest absolute Gasteiger partial charge is 0.444 e. The summed E-state index contributed by atoms with van der Waals surface area (Å²) in [6.07, 6.45) is 4.47. The lowest BCUT2D eigenvalue weighted by atomic mass is 10.1. The average Bonchev–Trinajstić information content (AvgIpc) is 2.33. The van der Waals surface area contributed by atoms with Crippen molar-refractivity contribution in [1.29, 1.82) is 0 Å². The van der Waals surface area contributed by atoms with Crippen molar-refractivity contribution in [3.8, 4) is 0 Å². The third-order valence-corrected chi connectivity index (χ3v) is 3.32. The highest BCUT2D eigenvalue weighted by molar-refractivity contribution is 5.67. The van der Waals surface area contributed by atoms with E-state index < -0.39 is 5.60 Å². The van der Waals surface area contributed by atoms with Crippen molar-refractivity contribution in [2.45, 2.75) is 71.1 Å². The van der Waals surface area contributed by atoms with Gasteiger partial charge in [-0.3, -0.25) is 0 Å². The molecule has 2 atom stereocenters. The van der Waals surface area contributed by atoms with Crippen LogP contribution in [0.1, 0.15) is 53.4 Å². The summed E-state index contributed by atoms with van der Waals surface area (Å²) >= 11 is 0. The van der Waals surface area contributed by atoms with Crippen LogP contribution in [0.5, 0.6) is 0 Å². The lowest BCUT2D eigenvalue weighted by Crippen LogP contribution is -2.43. The minimum Gasteiger partial charge on any atom is -0.444 e. The maximum absolute atomic E-state index is 11.6. The molecule has 5 nitrogen and oxygen atoms in total. The number of hydrogen-bond acceptors (Lipinski definition) is 4. The Labute approximate surface area is 123 Å². The summed E-state index contributed by atoms with van der Waals surface area (Å²) in [5.74, 6) is 0. The van der Waals surface area contributed by atoms with Gasteiger partial charge in [0.15, 0.2) is 0 Å². The number of ether oxygens (including phenoxy) is 1. The highest BCUT2D eigenvalue weighted by Crippen LogP contribution is 2.07. The van der Waals surface area contributed by atoms with Crippen LogP contribution in [0.2, 0.25) is 0 Å². The first-order valence-corrected chi connectivity index (χ1v) is 7.80. The second-order valence-corrected chi connectivity index (χ2v) is 6.69. The third kappa shape index (κ3) is 8.38. The number of nitrogens with one attached hydrogen (secondary N) is 3. The van der Waals surface area contributed by atoms with Crippen LogP contribution in [-0.4, -0.2) is 43.4 Å². The van der Waals surface area contributed by atoms with Gasteiger partial charge in [-0.15, -0.1) is 0 Å². The van der Waals surface area contributed by atoms with E-state index in [0.717, 1.165) is 26.1 Å². The van der Waals surface area contributed by atoms with E-state index in [1.807, 2.05) is 27.7 Å². The fraction of sp³-hybridized carbons (Fsp3) is 0.933. The van der Waals surface area contributed by atoms with Crippen LogP contribution in [-0.2, 0) is 4.74 Å². The van der Waals surface area contributed by atoms with E-state index in [4.69, 9.17) is 4.74 Å². The number of carbonyl (C=O) groups is 1. The Morgan fingerprint density at radius 2 is 2.15 bits per heavy atom. The van der Waals surface area contributed by atoms with Crippen molar-refractivity contribution in [1.82, 2.24) is 16.0 Å². The standard InChI is InChI=1S/C15H31N3O2/c1-12(18-14(19)20-15(2,3)4)8-10-16-11-13-7-5-6-9-17-13/h12-13,16-17H,5-11H2,1-4H3,(H,18,19). The third-order valence-electron chi connectivity index (χ3n) is 3.32. The summed E-state index contributed by atoms with van der Waals surface area (Å²) in [5, 5.41) is 9.82. The number of alkyl carbamates (subject to hydrolysis) is 1. The summed E-state index contributed by atoms with van der Waals surface area (Å²) in [7, 11) is 0. The van der Waals surface area contributed by atoms with Crippen molar-refractivity contribution in [3.05, 3.63) is 0 Å². The molecule has 1 heterocycles. The molecule has 118 valence electrons. The van der Waals surface area contributed by atoms with Gasteiger partial charge in [-0.25, -0.2) is 4.79 Å². The molecule has 1 saturated heterocycles. The Bertz CT molecular complexity index is 283. The molecule has 1 amide bonds. The molecule has 5 heteroatoms. The molecule has 0 aliphatic carbocycles. The second-order valence-electron chi connectivity index (χ2n) is 6.69. The first-order valence-electron chi connectivity index (χ1n) is 7.80. The van der Waals surface area contributed by atoms with Gasteiger partial charge in [-0.2, -0.15) is 0 Å². The van der Waals surface area contributed by atoms with Gasteiger partial charge in [0.2, 0.25) is 0 Å². The zero-order valence-corrected chi connectivity index (χ0v) is 13.4. The highest BCUT2D eigenvalue weighted by Gasteiger charge is 2.17. The van der Waals surface area contributed by atoms with Gasteiger partial charge in [0, 0.05) is 18.6 Å². The Hall–Kier alpha value is -0.810. The Morgan fingerprint density at radius 1 is 1.40 bits per heavy atom. The van der Waals surface area contributed by atoms with Crippen LogP contribution >= 0.6 is 0 Å². The SMILES string of the molecule is CC(CCNCC1CCCCN1)NC(=O)OC(C)(C)C. The van der Waals surface area contributed by atoms with E-state index in [2.05, 4.69) is 16.0 Å². The number of amides is 1. The summed E-state index contributed by atoms with van der Waals surface area (Å²) < 4.78 is 5.23. The Morgan fingerprint density at radius 3 is 2.75 bits per heavy atom. The van der Waals surface area contributed by atoms with E-state index in [-0.39, 0.29) is 12.1 Å². The van der Waals surface area contributed by atoms with Crippen LogP contribution in [0.4, 0.5) is 4.79 Å². The molecule has 0 radical (unpaired) electrons. The lowest BCUT2D eigenvalue weighted by molar-refractivity contribution is 0.0506. The van der Waals surface area contributed by atoms with Gasteiger partial charge >= 0.3 is 6.09 Å². The van der Waals surface area contributed by atoms with Crippen molar-refractivity contribution in [2.75, 3.05) is 19.6 Å². The summed E-state index contributed by atoms with van der Waals surface area (Å²) in [5.41, 5.74) is -0.436. The van der Waals surface area contributed by atoms with Crippen LogP contribution in [0.15, 0.2) is 0 Å². The van der Waals surface area contributed by atoms with Gasteiger partial charge in [-0.05, 0) is 60.0 Å². The molecule has 0 aromatic rings. The minimum atomic E-state index is -0.436. The van der Waals surface area contributed by atoms with Gasteiger partial charge < -0.3 is 20.7 Å². The smallest absolute Gasteiger partial charge is 0.407 e. The fourth-order valence-corrected chi connectivity index (χ4v) is 2.27. The van der Waals surface area contributed by atoms with Crippen LogP contribution in [0.3, 0.4) is 0 Å². The number of piperidine rings is 1. The summed E-state index contributed by atoms with van der Waals surface area (Å²) in [6, 6.07) is 0.731. The monoisotopic (exact) mass is 285 g/mol. The van der Waals surface area contributed by atoms with Crippen molar-refractivity contribution >= 4 is 6.09 Å². The van der Waals surface area contributed by atoms with Gasteiger partial charge in [0.25, 0.3) is 0 Å². The van der Waals surface area contributed by atoms with Gasteiger partial charge in [0.05, 0.1) is 0 Å².